The molecule has 0 saturated heterocycles. The van der Waals surface area contributed by atoms with Crippen molar-refractivity contribution in [3.63, 3.8) is 0 Å². The standard InChI is InChI=1S/C25H32N8O2/c1-5-7-8-13-22-27-24(25(6-2,34-3)35-4)30-33(22)17-18-14-15-21(26-16-18)19-11-9-10-12-20(19)23-28-31-32-29-23/h9-12,14-16H,5-8,13,17H2,1-4H3,(H,28,29,31,32). The molecule has 0 bridgehead atoms. The average molecular weight is 477 g/mol. The zero-order chi connectivity index (χ0) is 24.7. The topological polar surface area (TPSA) is 117 Å². The second-order valence-corrected chi connectivity index (χ2v) is 8.31. The molecule has 3 heterocycles. The van der Waals surface area contributed by atoms with Gasteiger partial charge in [-0.15, -0.1) is 15.3 Å². The van der Waals surface area contributed by atoms with E-state index in [0.717, 1.165) is 53.9 Å². The van der Waals surface area contributed by atoms with Crippen LogP contribution in [0.1, 0.15) is 56.7 Å². The number of hydrogen-bond donors (Lipinski definition) is 1. The fourth-order valence-electron chi connectivity index (χ4n) is 4.12. The molecule has 0 saturated carbocycles. The normalized spacial score (nSPS) is 11.8. The third kappa shape index (κ3) is 5.28. The molecular weight excluding hydrogens is 444 g/mol. The molecule has 0 aliphatic carbocycles. The third-order valence-corrected chi connectivity index (χ3v) is 6.16. The summed E-state index contributed by atoms with van der Waals surface area (Å²) in [4.78, 5) is 9.55. The Labute approximate surface area is 205 Å². The number of aromatic amines is 1. The van der Waals surface area contributed by atoms with Crippen molar-refractivity contribution in [1.82, 2.24) is 40.4 Å². The fourth-order valence-corrected chi connectivity index (χ4v) is 4.12. The molecule has 0 radical (unpaired) electrons. The van der Waals surface area contributed by atoms with Gasteiger partial charge in [-0.25, -0.2) is 9.67 Å². The first kappa shape index (κ1) is 24.6. The number of nitrogens with zero attached hydrogens (tertiary/aromatic N) is 7. The van der Waals surface area contributed by atoms with Crippen LogP contribution in [-0.4, -0.2) is 54.6 Å². The van der Waals surface area contributed by atoms with Crippen LogP contribution in [0.5, 0.6) is 0 Å². The number of hydrogen-bond acceptors (Lipinski definition) is 8. The van der Waals surface area contributed by atoms with Gasteiger partial charge in [0.15, 0.2) is 0 Å². The average Bonchev–Trinajstić information content (AvgIpc) is 3.57. The van der Waals surface area contributed by atoms with Gasteiger partial charge < -0.3 is 9.47 Å². The highest BCUT2D eigenvalue weighted by Gasteiger charge is 2.35. The van der Waals surface area contributed by atoms with Gasteiger partial charge >= 0.3 is 0 Å². The Morgan fingerprint density at radius 2 is 1.80 bits per heavy atom. The Morgan fingerprint density at radius 1 is 1.00 bits per heavy atom. The van der Waals surface area contributed by atoms with E-state index in [2.05, 4.69) is 33.6 Å². The Hall–Kier alpha value is -3.50. The Balaban J connectivity index is 1.61. The first-order valence-electron chi connectivity index (χ1n) is 12.0. The summed E-state index contributed by atoms with van der Waals surface area (Å²) in [6, 6.07) is 11.9. The summed E-state index contributed by atoms with van der Waals surface area (Å²) in [5.74, 6) is 1.06. The first-order chi connectivity index (χ1) is 17.1. The number of unbranched alkanes of at least 4 members (excludes halogenated alkanes) is 2. The van der Waals surface area contributed by atoms with E-state index in [4.69, 9.17) is 24.5 Å². The van der Waals surface area contributed by atoms with E-state index >= 15 is 0 Å². The molecule has 184 valence electrons. The van der Waals surface area contributed by atoms with E-state index in [9.17, 15) is 0 Å². The number of aryl methyl sites for hydroxylation is 1. The predicted octanol–water partition coefficient (Wildman–Crippen LogP) is 4.16. The summed E-state index contributed by atoms with van der Waals surface area (Å²) in [5, 5.41) is 19.2. The molecule has 4 aromatic rings. The molecule has 0 unspecified atom stereocenters. The summed E-state index contributed by atoms with van der Waals surface area (Å²) < 4.78 is 13.3. The van der Waals surface area contributed by atoms with E-state index in [1.165, 1.54) is 0 Å². The maximum Gasteiger partial charge on any atom is 0.231 e. The van der Waals surface area contributed by atoms with Crippen LogP contribution in [0.15, 0.2) is 42.6 Å². The number of ether oxygens (including phenoxy) is 2. The van der Waals surface area contributed by atoms with Gasteiger partial charge in [-0.2, -0.15) is 5.21 Å². The van der Waals surface area contributed by atoms with Crippen LogP contribution in [0.2, 0.25) is 0 Å². The zero-order valence-electron chi connectivity index (χ0n) is 20.7. The Morgan fingerprint density at radius 3 is 2.43 bits per heavy atom. The van der Waals surface area contributed by atoms with Crippen molar-refractivity contribution in [2.75, 3.05) is 14.2 Å². The minimum Gasteiger partial charge on any atom is -0.347 e. The Bertz CT molecular complexity index is 1190. The van der Waals surface area contributed by atoms with Crippen LogP contribution in [0.3, 0.4) is 0 Å². The summed E-state index contributed by atoms with van der Waals surface area (Å²) in [6.07, 6.45) is 6.67. The smallest absolute Gasteiger partial charge is 0.231 e. The monoisotopic (exact) mass is 476 g/mol. The fraction of sp³-hybridized carbons (Fsp3) is 0.440. The second kappa shape index (κ2) is 11.3. The number of tetrazole rings is 1. The first-order valence-corrected chi connectivity index (χ1v) is 12.0. The molecular formula is C25H32N8O2. The molecule has 1 aromatic carbocycles. The van der Waals surface area contributed by atoms with Gasteiger partial charge in [0.05, 0.1) is 12.2 Å². The van der Waals surface area contributed by atoms with Gasteiger partial charge in [0.2, 0.25) is 17.4 Å². The predicted molar refractivity (Wildman–Crippen MR) is 131 cm³/mol. The molecule has 0 amide bonds. The molecule has 0 atom stereocenters. The van der Waals surface area contributed by atoms with Crippen LogP contribution in [0.25, 0.3) is 22.6 Å². The number of benzene rings is 1. The minimum absolute atomic E-state index is 0.536. The van der Waals surface area contributed by atoms with Crippen LogP contribution in [-0.2, 0) is 28.2 Å². The lowest BCUT2D eigenvalue weighted by Crippen LogP contribution is -2.31. The Kier molecular flexibility index (Phi) is 7.94. The van der Waals surface area contributed by atoms with Gasteiger partial charge in [-0.1, -0.05) is 57.0 Å². The molecule has 0 spiro atoms. The van der Waals surface area contributed by atoms with Crippen LogP contribution in [0, 0.1) is 0 Å². The van der Waals surface area contributed by atoms with E-state index in [-0.39, 0.29) is 0 Å². The molecule has 3 aromatic heterocycles. The number of nitrogens with one attached hydrogen (secondary N) is 1. The molecule has 35 heavy (non-hydrogen) atoms. The van der Waals surface area contributed by atoms with Crippen LogP contribution in [0.4, 0.5) is 0 Å². The lowest BCUT2D eigenvalue weighted by Gasteiger charge is -2.26. The minimum atomic E-state index is -0.953. The van der Waals surface area contributed by atoms with Gasteiger partial charge in [-0.05, 0) is 23.3 Å². The number of rotatable bonds is 12. The highest BCUT2D eigenvalue weighted by atomic mass is 16.7. The van der Waals surface area contributed by atoms with E-state index < -0.39 is 5.79 Å². The van der Waals surface area contributed by atoms with Crippen molar-refractivity contribution >= 4 is 0 Å². The molecule has 10 heteroatoms. The molecule has 4 rings (SSSR count). The van der Waals surface area contributed by atoms with Crippen molar-refractivity contribution in [3.05, 3.63) is 59.8 Å². The van der Waals surface area contributed by atoms with Gasteiger partial charge in [0, 0.05) is 44.4 Å². The lowest BCUT2D eigenvalue weighted by atomic mass is 10.0. The summed E-state index contributed by atoms with van der Waals surface area (Å²) in [5.41, 5.74) is 3.67. The molecule has 1 N–H and O–H groups in total. The van der Waals surface area contributed by atoms with Crippen LogP contribution < -0.4 is 0 Å². The zero-order valence-corrected chi connectivity index (χ0v) is 20.7. The maximum absolute atomic E-state index is 5.68. The summed E-state index contributed by atoms with van der Waals surface area (Å²) in [6.45, 7) is 4.75. The number of pyridine rings is 1. The SMILES string of the molecule is CCCCCc1nc(C(CC)(OC)OC)nn1Cc1ccc(-c2ccccc2-c2nn[nH]n2)nc1. The van der Waals surface area contributed by atoms with Crippen LogP contribution >= 0.6 is 0 Å². The van der Waals surface area contributed by atoms with E-state index in [0.29, 0.717) is 24.6 Å². The van der Waals surface area contributed by atoms with Crippen molar-refractivity contribution in [2.45, 2.75) is 58.3 Å². The van der Waals surface area contributed by atoms with Crippen molar-refractivity contribution < 1.29 is 9.47 Å². The number of methoxy groups -OCH3 is 2. The van der Waals surface area contributed by atoms with E-state index in [1.54, 1.807) is 14.2 Å². The maximum atomic E-state index is 5.68. The molecule has 0 aliphatic rings. The van der Waals surface area contributed by atoms with Crippen molar-refractivity contribution in [1.29, 1.82) is 0 Å². The van der Waals surface area contributed by atoms with Crippen molar-refractivity contribution in [3.8, 4) is 22.6 Å². The molecule has 0 fully saturated rings. The van der Waals surface area contributed by atoms with E-state index in [1.807, 2.05) is 48.1 Å². The third-order valence-electron chi connectivity index (χ3n) is 6.16. The summed E-state index contributed by atoms with van der Waals surface area (Å²) >= 11 is 0. The summed E-state index contributed by atoms with van der Waals surface area (Å²) in [7, 11) is 3.25. The highest BCUT2D eigenvalue weighted by molar-refractivity contribution is 5.78. The van der Waals surface area contributed by atoms with Gasteiger partial charge in [0.25, 0.3) is 0 Å². The van der Waals surface area contributed by atoms with Gasteiger partial charge in [0.1, 0.15) is 5.82 Å². The number of H-pyrrole nitrogens is 1. The number of aromatic nitrogens is 8. The quantitative estimate of drug-likeness (QED) is 0.239. The molecule has 0 aliphatic heterocycles. The highest BCUT2D eigenvalue weighted by Crippen LogP contribution is 2.29. The van der Waals surface area contributed by atoms with Gasteiger partial charge in [-0.3, -0.25) is 4.98 Å². The van der Waals surface area contributed by atoms with Crippen molar-refractivity contribution in [2.24, 2.45) is 0 Å². The molecule has 10 nitrogen and oxygen atoms in total. The largest absolute Gasteiger partial charge is 0.347 e. The second-order valence-electron chi connectivity index (χ2n) is 8.31. The lowest BCUT2D eigenvalue weighted by molar-refractivity contribution is -0.222.